The molecule has 0 fully saturated rings. The summed E-state index contributed by atoms with van der Waals surface area (Å²) in [5.74, 6) is -0.480. The topological polar surface area (TPSA) is 80.4 Å². The van der Waals surface area contributed by atoms with Gasteiger partial charge in [-0.3, -0.25) is 9.59 Å². The van der Waals surface area contributed by atoms with E-state index < -0.39 is 5.97 Å². The Labute approximate surface area is 148 Å². The van der Waals surface area contributed by atoms with Gasteiger partial charge in [0.15, 0.2) is 0 Å². The Morgan fingerprint density at radius 3 is 1.12 bits per heavy atom. The highest BCUT2D eigenvalue weighted by molar-refractivity contribution is 5.80. The molecule has 0 aromatic carbocycles. The molecule has 0 aliphatic rings. The van der Waals surface area contributed by atoms with Crippen LogP contribution in [0.1, 0.15) is 109 Å². The molecule has 0 aliphatic carbocycles. The lowest BCUT2D eigenvalue weighted by Crippen LogP contribution is -2.12. The molecule has 142 valence electrons. The second-order valence-corrected chi connectivity index (χ2v) is 6.94. The second-order valence-electron chi connectivity index (χ2n) is 6.94. The molecule has 0 aromatic rings. The summed E-state index contributed by atoms with van der Waals surface area (Å²) in [4.78, 5) is 21.4. The van der Waals surface area contributed by atoms with Gasteiger partial charge in [-0.15, -0.1) is 0 Å². The van der Waals surface area contributed by atoms with Crippen LogP contribution in [0.3, 0.4) is 0 Å². The van der Waals surface area contributed by atoms with Gasteiger partial charge in [0.05, 0.1) is 6.54 Å². The molecule has 4 nitrogen and oxygen atoms in total. The number of rotatable bonds is 19. The molecule has 4 heteroatoms. The summed E-state index contributed by atoms with van der Waals surface area (Å²) in [7, 11) is 0. The van der Waals surface area contributed by atoms with Gasteiger partial charge in [0.2, 0.25) is 0 Å². The monoisotopic (exact) mass is 341 g/mol. The number of carboxylic acid groups (broad SMARTS) is 1. The number of nitrogens with two attached hydrogens (primary N) is 1. The Balaban J connectivity index is 3.03. The standard InChI is InChI=1S/C20H39NO3/c21-18-19(22)16-14-12-10-8-6-4-2-1-3-5-7-9-11-13-15-17-20(23)24/h1-18,21H2,(H,23,24). The average Bonchev–Trinajstić information content (AvgIpc) is 2.57. The van der Waals surface area contributed by atoms with Gasteiger partial charge in [0.25, 0.3) is 0 Å². The minimum absolute atomic E-state index is 0.190. The minimum Gasteiger partial charge on any atom is -0.481 e. The Bertz CT molecular complexity index is 305. The van der Waals surface area contributed by atoms with E-state index in [2.05, 4.69) is 0 Å². The molecular weight excluding hydrogens is 302 g/mol. The highest BCUT2D eigenvalue weighted by Crippen LogP contribution is 2.14. The molecule has 0 amide bonds. The van der Waals surface area contributed by atoms with Crippen LogP contribution in [0.4, 0.5) is 0 Å². The van der Waals surface area contributed by atoms with Gasteiger partial charge in [-0.2, -0.15) is 0 Å². The minimum atomic E-state index is -0.670. The number of hydrogen-bond donors (Lipinski definition) is 2. The maximum Gasteiger partial charge on any atom is 0.303 e. The van der Waals surface area contributed by atoms with Crippen LogP contribution in [0.15, 0.2) is 0 Å². The first kappa shape index (κ1) is 23.1. The van der Waals surface area contributed by atoms with Crippen LogP contribution in [-0.4, -0.2) is 23.4 Å². The lowest BCUT2D eigenvalue weighted by atomic mass is 10.0. The number of hydrogen-bond acceptors (Lipinski definition) is 3. The summed E-state index contributed by atoms with van der Waals surface area (Å²) < 4.78 is 0. The molecule has 24 heavy (non-hydrogen) atoms. The van der Waals surface area contributed by atoms with E-state index >= 15 is 0 Å². The first-order valence-electron chi connectivity index (χ1n) is 10.1. The van der Waals surface area contributed by atoms with Crippen molar-refractivity contribution in [1.29, 1.82) is 0 Å². The Hall–Kier alpha value is -0.900. The molecule has 0 saturated heterocycles. The van der Waals surface area contributed by atoms with Crippen molar-refractivity contribution in [2.24, 2.45) is 5.73 Å². The highest BCUT2D eigenvalue weighted by atomic mass is 16.4. The smallest absolute Gasteiger partial charge is 0.303 e. The van der Waals surface area contributed by atoms with Crippen molar-refractivity contribution in [2.45, 2.75) is 109 Å². The predicted molar refractivity (Wildman–Crippen MR) is 100 cm³/mol. The van der Waals surface area contributed by atoms with Crippen LogP contribution in [-0.2, 0) is 9.59 Å². The van der Waals surface area contributed by atoms with Crippen molar-refractivity contribution in [3.05, 3.63) is 0 Å². The van der Waals surface area contributed by atoms with Gasteiger partial charge in [-0.05, 0) is 12.8 Å². The zero-order chi connectivity index (χ0) is 17.9. The summed E-state index contributed by atoms with van der Waals surface area (Å²) in [5.41, 5.74) is 5.28. The van der Waals surface area contributed by atoms with E-state index in [4.69, 9.17) is 10.8 Å². The first-order valence-corrected chi connectivity index (χ1v) is 10.1. The summed E-state index contributed by atoms with van der Waals surface area (Å²) in [5, 5.41) is 8.54. The average molecular weight is 342 g/mol. The molecule has 0 saturated carbocycles. The molecule has 0 rings (SSSR count). The van der Waals surface area contributed by atoms with Crippen LogP contribution >= 0.6 is 0 Å². The number of aliphatic carboxylic acids is 1. The molecule has 3 N–H and O–H groups in total. The normalized spacial score (nSPS) is 10.9. The maximum absolute atomic E-state index is 11.0. The number of carbonyl (C=O) groups excluding carboxylic acids is 1. The van der Waals surface area contributed by atoms with E-state index in [0.717, 1.165) is 25.7 Å². The van der Waals surface area contributed by atoms with E-state index in [1.807, 2.05) is 0 Å². The molecular formula is C20H39NO3. The van der Waals surface area contributed by atoms with Crippen molar-refractivity contribution in [2.75, 3.05) is 6.54 Å². The molecule has 0 atom stereocenters. The first-order chi connectivity index (χ1) is 11.7. The van der Waals surface area contributed by atoms with Gasteiger partial charge in [0, 0.05) is 12.8 Å². The van der Waals surface area contributed by atoms with Crippen LogP contribution in [0.5, 0.6) is 0 Å². The quantitative estimate of drug-likeness (QED) is 0.315. The van der Waals surface area contributed by atoms with E-state index in [-0.39, 0.29) is 12.3 Å². The maximum atomic E-state index is 11.0. The Morgan fingerprint density at radius 2 is 0.833 bits per heavy atom. The summed E-state index contributed by atoms with van der Waals surface area (Å²) in [6.45, 7) is 0.199. The van der Waals surface area contributed by atoms with Gasteiger partial charge in [0.1, 0.15) is 5.78 Å². The lowest BCUT2D eigenvalue weighted by Gasteiger charge is -2.03. The lowest BCUT2D eigenvalue weighted by molar-refractivity contribution is -0.137. The third-order valence-electron chi connectivity index (χ3n) is 4.57. The highest BCUT2D eigenvalue weighted by Gasteiger charge is 1.99. The van der Waals surface area contributed by atoms with Crippen molar-refractivity contribution in [3.63, 3.8) is 0 Å². The Kier molecular flexibility index (Phi) is 17.7. The summed E-state index contributed by atoms with van der Waals surface area (Å²) >= 11 is 0. The number of carboxylic acids is 1. The Morgan fingerprint density at radius 1 is 0.542 bits per heavy atom. The van der Waals surface area contributed by atoms with Gasteiger partial charge in [-0.1, -0.05) is 83.5 Å². The van der Waals surface area contributed by atoms with Crippen molar-refractivity contribution >= 4 is 11.8 Å². The molecule has 0 heterocycles. The SMILES string of the molecule is NCC(=O)CCCCCCCCCCCCCCCCCC(=O)O. The van der Waals surface area contributed by atoms with Gasteiger partial charge < -0.3 is 10.8 Å². The fourth-order valence-electron chi connectivity index (χ4n) is 3.00. The third-order valence-corrected chi connectivity index (χ3v) is 4.57. The third kappa shape index (κ3) is 19.1. The van der Waals surface area contributed by atoms with Crippen LogP contribution in [0.2, 0.25) is 0 Å². The zero-order valence-corrected chi connectivity index (χ0v) is 15.6. The van der Waals surface area contributed by atoms with Crippen molar-refractivity contribution in [3.8, 4) is 0 Å². The molecule has 0 aromatic heterocycles. The van der Waals surface area contributed by atoms with Gasteiger partial charge in [-0.25, -0.2) is 0 Å². The number of ketones is 1. The van der Waals surface area contributed by atoms with Gasteiger partial charge >= 0.3 is 5.97 Å². The number of carbonyl (C=O) groups is 2. The molecule has 0 unspecified atom stereocenters. The number of Topliss-reactive ketones (excluding diaryl/α,β-unsaturated/α-hetero) is 1. The molecule has 0 aliphatic heterocycles. The van der Waals surface area contributed by atoms with Crippen LogP contribution in [0.25, 0.3) is 0 Å². The molecule has 0 bridgehead atoms. The summed E-state index contributed by atoms with van der Waals surface area (Å²) in [6.07, 6.45) is 19.4. The van der Waals surface area contributed by atoms with E-state index in [9.17, 15) is 9.59 Å². The van der Waals surface area contributed by atoms with Crippen molar-refractivity contribution < 1.29 is 14.7 Å². The van der Waals surface area contributed by atoms with Crippen molar-refractivity contribution in [1.82, 2.24) is 0 Å². The fraction of sp³-hybridized carbons (Fsp3) is 0.900. The zero-order valence-electron chi connectivity index (χ0n) is 15.6. The second kappa shape index (κ2) is 18.4. The van der Waals surface area contributed by atoms with Crippen LogP contribution < -0.4 is 5.73 Å². The van der Waals surface area contributed by atoms with E-state index in [0.29, 0.717) is 12.8 Å². The largest absolute Gasteiger partial charge is 0.481 e. The van der Waals surface area contributed by atoms with Crippen LogP contribution in [0, 0.1) is 0 Å². The fourth-order valence-corrected chi connectivity index (χ4v) is 3.00. The summed E-state index contributed by atoms with van der Waals surface area (Å²) in [6, 6.07) is 0. The number of unbranched alkanes of at least 4 members (excludes halogenated alkanes) is 14. The van der Waals surface area contributed by atoms with E-state index in [1.54, 1.807) is 0 Å². The molecule has 0 radical (unpaired) electrons. The molecule has 0 spiro atoms. The predicted octanol–water partition coefficient (Wildman–Crippen LogP) is 5.23. The van der Waals surface area contributed by atoms with E-state index in [1.165, 1.54) is 70.6 Å².